The fourth-order valence-electron chi connectivity index (χ4n) is 2.71. The molecule has 116 valence electrons. The maximum Gasteiger partial charge on any atom is 0.322 e. The lowest BCUT2D eigenvalue weighted by atomic mass is 10.1. The summed E-state index contributed by atoms with van der Waals surface area (Å²) in [5.74, 6) is 0. The average molecular weight is 317 g/mol. The average Bonchev–Trinajstić information content (AvgIpc) is 3.16. The highest BCUT2D eigenvalue weighted by Gasteiger charge is 2.27. The van der Waals surface area contributed by atoms with E-state index in [1.807, 2.05) is 36.6 Å². The van der Waals surface area contributed by atoms with E-state index in [0.717, 1.165) is 34.8 Å². The SMILES string of the molecule is Cc1nc(-c2ccc(NC(=O)N3CCCC3CO)cc2)cs1. The van der Waals surface area contributed by atoms with Gasteiger partial charge in [0, 0.05) is 23.2 Å². The number of carbonyl (C=O) groups excluding carboxylic acids is 1. The molecule has 1 atom stereocenters. The van der Waals surface area contributed by atoms with Gasteiger partial charge in [-0.1, -0.05) is 12.1 Å². The number of aryl methyl sites for hydroxylation is 1. The summed E-state index contributed by atoms with van der Waals surface area (Å²) in [6.45, 7) is 2.71. The summed E-state index contributed by atoms with van der Waals surface area (Å²) in [6.07, 6.45) is 1.81. The summed E-state index contributed by atoms with van der Waals surface area (Å²) in [5, 5.41) is 15.2. The first-order chi connectivity index (χ1) is 10.7. The topological polar surface area (TPSA) is 65.5 Å². The molecule has 22 heavy (non-hydrogen) atoms. The molecule has 0 saturated carbocycles. The van der Waals surface area contributed by atoms with Crippen LogP contribution in [-0.4, -0.2) is 40.2 Å². The fraction of sp³-hybridized carbons (Fsp3) is 0.375. The molecule has 3 rings (SSSR count). The first-order valence-corrected chi connectivity index (χ1v) is 8.26. The summed E-state index contributed by atoms with van der Waals surface area (Å²) < 4.78 is 0. The number of thiazole rings is 1. The van der Waals surface area contributed by atoms with Crippen molar-refractivity contribution >= 4 is 23.1 Å². The number of nitrogens with one attached hydrogen (secondary N) is 1. The van der Waals surface area contributed by atoms with E-state index in [1.165, 1.54) is 0 Å². The first-order valence-electron chi connectivity index (χ1n) is 7.38. The van der Waals surface area contributed by atoms with Gasteiger partial charge in [0.1, 0.15) is 0 Å². The lowest BCUT2D eigenvalue weighted by molar-refractivity contribution is 0.166. The second-order valence-corrected chi connectivity index (χ2v) is 6.49. The number of aromatic nitrogens is 1. The number of anilines is 1. The predicted molar refractivity (Wildman–Crippen MR) is 88.1 cm³/mol. The summed E-state index contributed by atoms with van der Waals surface area (Å²) >= 11 is 1.62. The second-order valence-electron chi connectivity index (χ2n) is 5.43. The van der Waals surface area contributed by atoms with Crippen molar-refractivity contribution in [1.82, 2.24) is 9.88 Å². The summed E-state index contributed by atoms with van der Waals surface area (Å²) in [6, 6.07) is 7.47. The molecule has 1 aliphatic rings. The highest BCUT2D eigenvalue weighted by molar-refractivity contribution is 7.09. The van der Waals surface area contributed by atoms with Gasteiger partial charge in [0.05, 0.1) is 23.4 Å². The van der Waals surface area contributed by atoms with Crippen molar-refractivity contribution in [3.63, 3.8) is 0 Å². The van der Waals surface area contributed by atoms with Crippen LogP contribution in [0.1, 0.15) is 17.8 Å². The predicted octanol–water partition coefficient (Wildman–Crippen LogP) is 3.11. The molecule has 1 aliphatic heterocycles. The summed E-state index contributed by atoms with van der Waals surface area (Å²) in [5.41, 5.74) is 2.75. The first kappa shape index (κ1) is 15.0. The molecule has 1 aromatic heterocycles. The third-order valence-corrected chi connectivity index (χ3v) is 4.67. The van der Waals surface area contributed by atoms with E-state index in [4.69, 9.17) is 0 Å². The molecule has 6 heteroatoms. The molecular formula is C16H19N3O2S. The Kier molecular flexibility index (Phi) is 4.40. The van der Waals surface area contributed by atoms with Crippen LogP contribution in [0.2, 0.25) is 0 Å². The van der Waals surface area contributed by atoms with E-state index in [1.54, 1.807) is 16.2 Å². The molecular weight excluding hydrogens is 298 g/mol. The molecule has 0 radical (unpaired) electrons. The maximum atomic E-state index is 12.2. The van der Waals surface area contributed by atoms with Gasteiger partial charge in [-0.15, -0.1) is 11.3 Å². The number of nitrogens with zero attached hydrogens (tertiary/aromatic N) is 2. The number of amides is 2. The Morgan fingerprint density at radius 1 is 1.45 bits per heavy atom. The molecule has 2 N–H and O–H groups in total. The number of benzene rings is 1. The van der Waals surface area contributed by atoms with Crippen LogP contribution in [0.3, 0.4) is 0 Å². The van der Waals surface area contributed by atoms with Crippen molar-refractivity contribution < 1.29 is 9.90 Å². The molecule has 2 amide bonds. The Balaban J connectivity index is 1.67. The Morgan fingerprint density at radius 2 is 2.23 bits per heavy atom. The molecule has 2 aromatic rings. The van der Waals surface area contributed by atoms with Gasteiger partial charge in [-0.2, -0.15) is 0 Å². The van der Waals surface area contributed by atoms with Crippen molar-refractivity contribution in [2.45, 2.75) is 25.8 Å². The van der Waals surface area contributed by atoms with E-state index < -0.39 is 0 Å². The Bertz CT molecular complexity index is 654. The van der Waals surface area contributed by atoms with Crippen LogP contribution in [0.15, 0.2) is 29.6 Å². The number of urea groups is 1. The molecule has 5 nitrogen and oxygen atoms in total. The molecule has 1 unspecified atom stereocenters. The van der Waals surface area contributed by atoms with Crippen LogP contribution >= 0.6 is 11.3 Å². The zero-order valence-electron chi connectivity index (χ0n) is 12.5. The molecule has 1 fully saturated rings. The van der Waals surface area contributed by atoms with Gasteiger partial charge < -0.3 is 15.3 Å². The molecule has 0 bridgehead atoms. The van der Waals surface area contributed by atoms with Crippen LogP contribution < -0.4 is 5.32 Å². The van der Waals surface area contributed by atoms with Crippen LogP contribution in [0, 0.1) is 6.92 Å². The Morgan fingerprint density at radius 3 is 2.86 bits per heavy atom. The minimum absolute atomic E-state index is 0.0233. The molecule has 0 aliphatic carbocycles. The quantitative estimate of drug-likeness (QED) is 0.914. The van der Waals surface area contributed by atoms with Crippen LogP contribution in [0.4, 0.5) is 10.5 Å². The third-order valence-electron chi connectivity index (χ3n) is 3.90. The van der Waals surface area contributed by atoms with Gasteiger partial charge in [0.15, 0.2) is 0 Å². The Hall–Kier alpha value is -1.92. The van der Waals surface area contributed by atoms with Crippen molar-refractivity contribution in [2.24, 2.45) is 0 Å². The smallest absolute Gasteiger partial charge is 0.322 e. The highest BCUT2D eigenvalue weighted by Crippen LogP contribution is 2.24. The number of hydrogen-bond acceptors (Lipinski definition) is 4. The zero-order valence-corrected chi connectivity index (χ0v) is 13.3. The molecule has 1 saturated heterocycles. The number of aliphatic hydroxyl groups excluding tert-OH is 1. The van der Waals surface area contributed by atoms with Crippen LogP contribution in [0.5, 0.6) is 0 Å². The largest absolute Gasteiger partial charge is 0.394 e. The highest BCUT2D eigenvalue weighted by atomic mass is 32.1. The standard InChI is InChI=1S/C16H19N3O2S/c1-11-17-15(10-22-11)12-4-6-13(7-5-12)18-16(21)19-8-2-3-14(19)9-20/h4-7,10,14,20H,2-3,8-9H2,1H3,(H,18,21). The Labute approximate surface area is 133 Å². The fourth-order valence-corrected chi connectivity index (χ4v) is 3.33. The maximum absolute atomic E-state index is 12.2. The number of likely N-dealkylation sites (tertiary alicyclic amines) is 1. The summed E-state index contributed by atoms with van der Waals surface area (Å²) in [4.78, 5) is 18.4. The lowest BCUT2D eigenvalue weighted by Crippen LogP contribution is -2.40. The van der Waals surface area contributed by atoms with Crippen LogP contribution in [0.25, 0.3) is 11.3 Å². The van der Waals surface area contributed by atoms with E-state index in [2.05, 4.69) is 10.3 Å². The number of carbonyl (C=O) groups is 1. The molecule has 1 aromatic carbocycles. The molecule has 0 spiro atoms. The number of aliphatic hydroxyl groups is 1. The van der Waals surface area contributed by atoms with Crippen LogP contribution in [-0.2, 0) is 0 Å². The number of rotatable bonds is 3. The van der Waals surface area contributed by atoms with Gasteiger partial charge in [-0.3, -0.25) is 0 Å². The lowest BCUT2D eigenvalue weighted by Gasteiger charge is -2.23. The van der Waals surface area contributed by atoms with Crippen molar-refractivity contribution in [1.29, 1.82) is 0 Å². The molecule has 2 heterocycles. The minimum atomic E-state index is -0.145. The van der Waals surface area contributed by atoms with E-state index in [0.29, 0.717) is 6.54 Å². The zero-order chi connectivity index (χ0) is 15.5. The van der Waals surface area contributed by atoms with E-state index in [-0.39, 0.29) is 18.7 Å². The van der Waals surface area contributed by atoms with Gasteiger partial charge in [-0.25, -0.2) is 9.78 Å². The monoisotopic (exact) mass is 317 g/mol. The number of hydrogen-bond donors (Lipinski definition) is 2. The normalized spacial score (nSPS) is 17.7. The van der Waals surface area contributed by atoms with Crippen molar-refractivity contribution in [2.75, 3.05) is 18.5 Å². The van der Waals surface area contributed by atoms with Crippen molar-refractivity contribution in [3.05, 3.63) is 34.7 Å². The van der Waals surface area contributed by atoms with Gasteiger partial charge in [0.25, 0.3) is 0 Å². The van der Waals surface area contributed by atoms with Crippen molar-refractivity contribution in [3.8, 4) is 11.3 Å². The van der Waals surface area contributed by atoms with Gasteiger partial charge in [-0.05, 0) is 31.9 Å². The third kappa shape index (κ3) is 3.13. The van der Waals surface area contributed by atoms with Gasteiger partial charge in [0.2, 0.25) is 0 Å². The second kappa shape index (κ2) is 6.46. The summed E-state index contributed by atoms with van der Waals surface area (Å²) in [7, 11) is 0. The van der Waals surface area contributed by atoms with Gasteiger partial charge >= 0.3 is 6.03 Å². The van der Waals surface area contributed by atoms with E-state index in [9.17, 15) is 9.90 Å². The van der Waals surface area contributed by atoms with E-state index >= 15 is 0 Å². The minimum Gasteiger partial charge on any atom is -0.394 e.